The topological polar surface area (TPSA) is 342 Å². The van der Waals surface area contributed by atoms with Gasteiger partial charge in [-0.3, -0.25) is 24.0 Å². The summed E-state index contributed by atoms with van der Waals surface area (Å²) in [5, 5.41) is 55.0. The van der Waals surface area contributed by atoms with E-state index in [1.807, 2.05) is 36.4 Å². The van der Waals surface area contributed by atoms with Crippen molar-refractivity contribution >= 4 is 121 Å². The van der Waals surface area contributed by atoms with Crippen molar-refractivity contribution in [3.63, 3.8) is 0 Å². The number of nitrogens with two attached hydrogens (primary N) is 1. The van der Waals surface area contributed by atoms with Gasteiger partial charge in [0.25, 0.3) is 11.8 Å². The van der Waals surface area contributed by atoms with Gasteiger partial charge in [-0.2, -0.15) is 0 Å². The number of likely N-dealkylation sites (N-methyl/N-ethyl adjacent to an activating group) is 2. The van der Waals surface area contributed by atoms with Gasteiger partial charge >= 0.3 is 18.2 Å². The van der Waals surface area contributed by atoms with Crippen LogP contribution in [0.15, 0.2) is 97.1 Å². The van der Waals surface area contributed by atoms with Gasteiger partial charge in [0.2, 0.25) is 24.0 Å². The fourth-order valence-electron chi connectivity index (χ4n) is 11.9. The van der Waals surface area contributed by atoms with Crippen LogP contribution >= 0.6 is 34.5 Å². The van der Waals surface area contributed by atoms with Gasteiger partial charge in [0.1, 0.15) is 53.6 Å². The van der Waals surface area contributed by atoms with E-state index < -0.39 is 96.8 Å². The van der Waals surface area contributed by atoms with Gasteiger partial charge < -0.3 is 86.0 Å². The van der Waals surface area contributed by atoms with Gasteiger partial charge in [0.05, 0.1) is 27.7 Å². The number of ether oxygens (including phenoxy) is 4. The highest BCUT2D eigenvalue weighted by atomic mass is 35.5. The van der Waals surface area contributed by atoms with Crippen molar-refractivity contribution in [1.82, 2.24) is 25.8 Å². The quantitative estimate of drug-likeness (QED) is 0.0215. The molecule has 0 unspecified atom stereocenters. The number of hydrogen-bond acceptors (Lipinski definition) is 17. The molecule has 3 aliphatic rings. The first-order chi connectivity index (χ1) is 45.7. The maximum Gasteiger partial charge on any atom is 0.415 e. The average molecular weight is 1380 g/mol. The number of nitrogens with zero attached hydrogens (tertiary/aromatic N) is 4. The number of halogens is 2. The molecule has 1 aromatic heterocycles. The number of primary amides is 1. The van der Waals surface area contributed by atoms with Crippen LogP contribution in [0.25, 0.3) is 21.5 Å². The van der Waals surface area contributed by atoms with E-state index in [0.717, 1.165) is 33.4 Å². The fourth-order valence-corrected chi connectivity index (χ4v) is 13.3. The third-order valence-electron chi connectivity index (χ3n) is 17.0. The van der Waals surface area contributed by atoms with Gasteiger partial charge in [0.15, 0.2) is 0 Å². The lowest BCUT2D eigenvalue weighted by Gasteiger charge is -2.39. The second-order valence-electron chi connectivity index (χ2n) is 25.4. The summed E-state index contributed by atoms with van der Waals surface area (Å²) in [5.41, 5.74) is 8.12. The molecule has 1 fully saturated rings. The third kappa shape index (κ3) is 16.5. The number of hydrogen-bond donors (Lipinski definition) is 9. The molecule has 10 N–H and O–H groups in total. The molecule has 514 valence electrons. The van der Waals surface area contributed by atoms with E-state index in [1.165, 1.54) is 9.80 Å². The SMILES string of the molecule is CC(C)[C@H](NC(=O)OC(C)(C)C)C(=O)N[C@@H](CCCNC(N)=O)C(=O)Nc1ccc(CCC(=O)N(C)CCN(C)C(=O)Oc2cc3c(c4ccccc24)[C@H](CCl)CN3C(=O)c2ccc(C(=O)N3C[C@@H](CCl)c4c3cc(O[C@@H]3O[C@H](CO)[C@H](O)[C@H](O)[C@H]3O)c3ccccc43)s2)cc1. The summed E-state index contributed by atoms with van der Waals surface area (Å²) in [6.07, 6.45) is -8.34. The Kier molecular flexibility index (Phi) is 23.4. The van der Waals surface area contributed by atoms with Crippen molar-refractivity contribution in [3.8, 4) is 11.5 Å². The number of aliphatic hydroxyl groups is 4. The van der Waals surface area contributed by atoms with E-state index >= 15 is 0 Å². The standard InChI is InChI=1S/C68H81Cl2N9O16S/c1-36(2)56(75-66(90)95-68(3,4)5)61(86)74-45(17-12-26-72-65(71)89)60(85)73-40-21-18-37(19-22-40)20-25-53(81)76(6)27-28-77(7)67(91)94-49-30-47-55(44-16-11-9-14-42(44)49)39(32-70)34-79(47)63(88)52-24-23-51(96-52)62(87)78-33-38(31-69)54-43-15-10-8-13-41(43)48(29-46(54)78)92-64-59(84)58(83)57(82)50(35-80)93-64/h8-11,13-16,18-19,21-24,29-30,36,38-39,45,50,56-59,64,80,82-84H,12,17,20,25-28,31-35H2,1-7H3,(H,73,85)(H,74,86)(H,75,90)(H3,71,72,89)/t38-,39-,45+,50-,56+,57+,58+,59-,64-/m1/s1. The van der Waals surface area contributed by atoms with Crippen LogP contribution in [0, 0.1) is 5.92 Å². The molecule has 0 saturated carbocycles. The van der Waals surface area contributed by atoms with Crippen molar-refractivity contribution in [1.29, 1.82) is 0 Å². The normalized spacial score (nSPS) is 19.6. The molecule has 96 heavy (non-hydrogen) atoms. The molecule has 9 rings (SSSR count). The number of nitrogens with one attached hydrogen (secondary N) is 4. The number of carbonyl (C=O) groups excluding carboxylic acids is 8. The third-order valence-corrected chi connectivity index (χ3v) is 18.8. The van der Waals surface area contributed by atoms with Crippen molar-refractivity contribution in [3.05, 3.63) is 124 Å². The molecule has 5 aromatic carbocycles. The number of benzene rings is 5. The van der Waals surface area contributed by atoms with Crippen LogP contribution in [0.4, 0.5) is 31.4 Å². The number of alkyl carbamates (subject to hydrolysis) is 1. The fraction of sp³-hybridized carbons (Fsp3) is 0.441. The van der Waals surface area contributed by atoms with E-state index in [4.69, 9.17) is 47.9 Å². The minimum absolute atomic E-state index is 0.0986. The smallest absolute Gasteiger partial charge is 0.415 e. The average Bonchev–Trinajstić information content (AvgIpc) is 1.65. The van der Waals surface area contributed by atoms with Crippen molar-refractivity contribution in [2.45, 2.75) is 121 Å². The number of urea groups is 1. The summed E-state index contributed by atoms with van der Waals surface area (Å²) < 4.78 is 23.4. The predicted molar refractivity (Wildman–Crippen MR) is 363 cm³/mol. The second kappa shape index (κ2) is 31.2. The van der Waals surface area contributed by atoms with Crippen molar-refractivity contribution < 1.29 is 77.7 Å². The highest BCUT2D eigenvalue weighted by Gasteiger charge is 2.46. The van der Waals surface area contributed by atoms with Crippen molar-refractivity contribution in [2.24, 2.45) is 11.7 Å². The lowest BCUT2D eigenvalue weighted by molar-refractivity contribution is -0.277. The number of aryl methyl sites for hydroxylation is 1. The summed E-state index contributed by atoms with van der Waals surface area (Å²) in [4.78, 5) is 115. The number of amides is 9. The second-order valence-corrected chi connectivity index (χ2v) is 27.1. The molecule has 25 nitrogen and oxygen atoms in total. The molecule has 0 spiro atoms. The first-order valence-electron chi connectivity index (χ1n) is 31.5. The summed E-state index contributed by atoms with van der Waals surface area (Å²) in [5.74, 6) is -2.50. The Morgan fingerprint density at radius 3 is 1.82 bits per heavy atom. The van der Waals surface area contributed by atoms with Crippen LogP contribution in [0.5, 0.6) is 11.5 Å². The number of aliphatic hydroxyl groups excluding tert-OH is 4. The van der Waals surface area contributed by atoms with Crippen molar-refractivity contribution in [2.75, 3.05) is 80.3 Å². The Bertz CT molecular complexity index is 3870. The summed E-state index contributed by atoms with van der Waals surface area (Å²) in [7, 11) is 3.18. The Morgan fingerprint density at radius 2 is 1.28 bits per heavy atom. The first-order valence-corrected chi connectivity index (χ1v) is 33.4. The molecule has 0 aliphatic carbocycles. The van der Waals surface area contributed by atoms with E-state index in [1.54, 1.807) is 119 Å². The minimum Gasteiger partial charge on any atom is -0.461 e. The lowest BCUT2D eigenvalue weighted by Crippen LogP contribution is -2.60. The molecule has 4 heterocycles. The summed E-state index contributed by atoms with van der Waals surface area (Å²) in [6.45, 7) is 8.68. The number of carbonyl (C=O) groups is 8. The molecule has 9 atom stereocenters. The molecule has 3 aliphatic heterocycles. The zero-order chi connectivity index (χ0) is 69.4. The van der Waals surface area contributed by atoms with Crippen LogP contribution in [0.3, 0.4) is 0 Å². The Morgan fingerprint density at radius 1 is 0.729 bits per heavy atom. The zero-order valence-electron chi connectivity index (χ0n) is 54.2. The van der Waals surface area contributed by atoms with Gasteiger partial charge in [-0.1, -0.05) is 74.5 Å². The molecular weight excluding hydrogens is 1300 g/mol. The highest BCUT2D eigenvalue weighted by molar-refractivity contribution is 7.16. The predicted octanol–water partition coefficient (Wildman–Crippen LogP) is 7.14. The molecule has 9 amide bonds. The molecule has 28 heteroatoms. The molecule has 6 aromatic rings. The van der Waals surface area contributed by atoms with E-state index in [0.29, 0.717) is 39.6 Å². The van der Waals surface area contributed by atoms with Gasteiger partial charge in [-0.05, 0) is 97.7 Å². The number of alkyl halides is 2. The molecule has 0 bridgehead atoms. The van der Waals surface area contributed by atoms with Crippen LogP contribution in [0.2, 0.25) is 0 Å². The van der Waals surface area contributed by atoms with Gasteiger partial charge in [-0.25, -0.2) is 14.4 Å². The first kappa shape index (κ1) is 71.9. The van der Waals surface area contributed by atoms with Crippen LogP contribution < -0.4 is 46.3 Å². The maximum absolute atomic E-state index is 14.8. The Labute approximate surface area is 569 Å². The number of fused-ring (bicyclic) bond motifs is 6. The molecule has 1 saturated heterocycles. The Hall–Kier alpha value is -8.34. The largest absolute Gasteiger partial charge is 0.461 e. The summed E-state index contributed by atoms with van der Waals surface area (Å²) in [6, 6.07) is 25.1. The Balaban J connectivity index is 0.821. The monoisotopic (exact) mass is 1380 g/mol. The number of anilines is 3. The van der Waals surface area contributed by atoms with Crippen LogP contribution in [0.1, 0.15) is 102 Å². The van der Waals surface area contributed by atoms with Gasteiger partial charge in [0, 0.05) is 105 Å². The minimum atomic E-state index is -1.69. The molecule has 0 radical (unpaired) electrons. The van der Waals surface area contributed by atoms with E-state index in [-0.39, 0.29) is 109 Å². The van der Waals surface area contributed by atoms with Gasteiger partial charge in [-0.15, -0.1) is 34.5 Å². The summed E-state index contributed by atoms with van der Waals surface area (Å²) >= 11 is 14.2. The lowest BCUT2D eigenvalue weighted by atomic mass is 9.95. The zero-order valence-corrected chi connectivity index (χ0v) is 56.5. The number of rotatable bonds is 24. The molecular formula is C68H81Cl2N9O16S. The van der Waals surface area contributed by atoms with Crippen LogP contribution in [-0.4, -0.2) is 192 Å². The van der Waals surface area contributed by atoms with Crippen LogP contribution in [-0.2, 0) is 30.3 Å². The van der Waals surface area contributed by atoms with E-state index in [2.05, 4.69) is 21.3 Å². The maximum atomic E-state index is 14.8. The van der Waals surface area contributed by atoms with E-state index in [9.17, 15) is 58.8 Å². The highest BCUT2D eigenvalue weighted by Crippen LogP contribution is 2.49. The number of thiophene rings is 1.